The summed E-state index contributed by atoms with van der Waals surface area (Å²) >= 11 is 0. The topological polar surface area (TPSA) is 101 Å². The number of hydrogen-bond acceptors (Lipinski definition) is 8. The van der Waals surface area contributed by atoms with Crippen molar-refractivity contribution in [2.75, 3.05) is 52.4 Å². The van der Waals surface area contributed by atoms with Gasteiger partial charge in [0.25, 0.3) is 5.69 Å². The highest BCUT2D eigenvalue weighted by atomic mass is 16.6. The fourth-order valence-corrected chi connectivity index (χ4v) is 3.68. The molecule has 9 heteroatoms. The summed E-state index contributed by atoms with van der Waals surface area (Å²) in [5.74, 6) is 1.81. The summed E-state index contributed by atoms with van der Waals surface area (Å²) in [7, 11) is 4.76. The van der Waals surface area contributed by atoms with Gasteiger partial charge < -0.3 is 19.1 Å². The fraction of sp³-hybridized carbons (Fsp3) is 0.381. The van der Waals surface area contributed by atoms with Gasteiger partial charge in [0.1, 0.15) is 5.69 Å². The Morgan fingerprint density at radius 3 is 2.30 bits per heavy atom. The molecule has 1 heterocycles. The molecule has 0 saturated carbocycles. The Kier molecular flexibility index (Phi) is 6.59. The molecule has 9 nitrogen and oxygen atoms in total. The molecule has 158 valence electrons. The monoisotopic (exact) mass is 412 g/mol. The van der Waals surface area contributed by atoms with Crippen LogP contribution in [0, 0.1) is 21.4 Å². The van der Waals surface area contributed by atoms with Crippen LogP contribution in [0.5, 0.6) is 17.2 Å². The van der Waals surface area contributed by atoms with E-state index in [4.69, 9.17) is 19.5 Å². The number of methoxy groups -OCH3 is 3. The van der Waals surface area contributed by atoms with Gasteiger partial charge in [0.15, 0.2) is 11.5 Å². The molecule has 0 aliphatic carbocycles. The Bertz CT molecular complexity index is 965. The second-order valence-corrected chi connectivity index (χ2v) is 6.83. The number of nitriles is 1. The molecule has 0 bridgehead atoms. The Labute approximate surface area is 175 Å². The molecule has 0 atom stereocenters. The lowest BCUT2D eigenvalue weighted by Crippen LogP contribution is -2.46. The number of rotatable bonds is 7. The van der Waals surface area contributed by atoms with Crippen molar-refractivity contribution in [2.24, 2.45) is 0 Å². The highest BCUT2D eigenvalue weighted by Crippen LogP contribution is 2.40. The van der Waals surface area contributed by atoms with Crippen molar-refractivity contribution in [2.45, 2.75) is 6.54 Å². The lowest BCUT2D eigenvalue weighted by molar-refractivity contribution is -0.384. The zero-order valence-corrected chi connectivity index (χ0v) is 17.3. The molecule has 0 spiro atoms. The number of piperazine rings is 1. The van der Waals surface area contributed by atoms with Crippen LogP contribution in [-0.4, -0.2) is 57.3 Å². The third kappa shape index (κ3) is 4.23. The Balaban J connectivity index is 1.73. The molecule has 0 aromatic heterocycles. The molecule has 0 amide bonds. The van der Waals surface area contributed by atoms with Crippen LogP contribution >= 0.6 is 0 Å². The van der Waals surface area contributed by atoms with Crippen molar-refractivity contribution < 1.29 is 19.1 Å². The van der Waals surface area contributed by atoms with E-state index in [2.05, 4.69) is 4.90 Å². The molecule has 1 aliphatic rings. The lowest BCUT2D eigenvalue weighted by Gasteiger charge is -2.36. The van der Waals surface area contributed by atoms with E-state index >= 15 is 0 Å². The first-order chi connectivity index (χ1) is 14.5. The Morgan fingerprint density at radius 1 is 1.03 bits per heavy atom. The van der Waals surface area contributed by atoms with E-state index in [-0.39, 0.29) is 11.3 Å². The van der Waals surface area contributed by atoms with Crippen LogP contribution < -0.4 is 19.1 Å². The first-order valence-electron chi connectivity index (χ1n) is 9.46. The second-order valence-electron chi connectivity index (χ2n) is 6.83. The van der Waals surface area contributed by atoms with E-state index in [0.717, 1.165) is 18.7 Å². The number of ether oxygens (including phenoxy) is 3. The summed E-state index contributed by atoms with van der Waals surface area (Å²) in [5.41, 5.74) is 1.77. The summed E-state index contributed by atoms with van der Waals surface area (Å²) in [5, 5.41) is 20.5. The largest absolute Gasteiger partial charge is 0.493 e. The number of nitro benzene ring substituents is 1. The molecule has 1 aliphatic heterocycles. The van der Waals surface area contributed by atoms with Gasteiger partial charge in [0.05, 0.1) is 37.9 Å². The van der Waals surface area contributed by atoms with E-state index in [9.17, 15) is 10.1 Å². The summed E-state index contributed by atoms with van der Waals surface area (Å²) in [4.78, 5) is 15.3. The van der Waals surface area contributed by atoms with Gasteiger partial charge in [-0.3, -0.25) is 15.0 Å². The van der Waals surface area contributed by atoms with E-state index in [1.165, 1.54) is 6.07 Å². The van der Waals surface area contributed by atoms with Gasteiger partial charge in [0.2, 0.25) is 5.75 Å². The van der Waals surface area contributed by atoms with E-state index in [0.29, 0.717) is 42.6 Å². The smallest absolute Gasteiger partial charge is 0.293 e. The molecule has 0 N–H and O–H groups in total. The van der Waals surface area contributed by atoms with Crippen LogP contribution in [0.1, 0.15) is 11.1 Å². The summed E-state index contributed by atoms with van der Waals surface area (Å²) in [6.07, 6.45) is 0. The lowest BCUT2D eigenvalue weighted by atomic mass is 10.1. The average molecular weight is 412 g/mol. The van der Waals surface area contributed by atoms with Crippen LogP contribution in [0.25, 0.3) is 0 Å². The maximum Gasteiger partial charge on any atom is 0.293 e. The minimum atomic E-state index is -0.433. The van der Waals surface area contributed by atoms with Gasteiger partial charge in [-0.2, -0.15) is 5.26 Å². The number of nitro groups is 1. The third-order valence-electron chi connectivity index (χ3n) is 5.19. The van der Waals surface area contributed by atoms with Crippen LogP contribution in [0.15, 0.2) is 30.3 Å². The van der Waals surface area contributed by atoms with Crippen molar-refractivity contribution in [3.05, 3.63) is 51.6 Å². The first kappa shape index (κ1) is 21.2. The molecule has 3 rings (SSSR count). The van der Waals surface area contributed by atoms with E-state index < -0.39 is 4.92 Å². The van der Waals surface area contributed by atoms with Crippen molar-refractivity contribution >= 4 is 11.4 Å². The minimum Gasteiger partial charge on any atom is -0.493 e. The van der Waals surface area contributed by atoms with E-state index in [1.807, 2.05) is 23.1 Å². The van der Waals surface area contributed by atoms with Gasteiger partial charge >= 0.3 is 0 Å². The van der Waals surface area contributed by atoms with Gasteiger partial charge in [-0.05, 0) is 18.2 Å². The first-order valence-corrected chi connectivity index (χ1v) is 9.46. The Morgan fingerprint density at radius 2 is 1.73 bits per heavy atom. The molecule has 30 heavy (non-hydrogen) atoms. The maximum atomic E-state index is 11.4. The zero-order valence-electron chi connectivity index (χ0n) is 17.3. The molecule has 0 radical (unpaired) electrons. The SMILES string of the molecule is COc1ccc(CN2CCN(c3ccc(C#N)cc3[N+](=O)[O-])CC2)c(OC)c1OC. The van der Waals surface area contributed by atoms with Crippen LogP contribution in [0.2, 0.25) is 0 Å². The van der Waals surface area contributed by atoms with Crippen molar-refractivity contribution in [1.82, 2.24) is 4.90 Å². The highest BCUT2D eigenvalue weighted by Gasteiger charge is 2.25. The molecule has 0 unspecified atom stereocenters. The predicted molar refractivity (Wildman–Crippen MR) is 111 cm³/mol. The standard InChI is InChI=1S/C21H24N4O5/c1-28-19-7-5-16(20(29-2)21(19)30-3)14-23-8-10-24(11-9-23)17-6-4-15(13-22)12-18(17)25(26)27/h4-7,12H,8-11,14H2,1-3H3. The van der Waals surface area contributed by atoms with Gasteiger partial charge in [-0.25, -0.2) is 0 Å². The zero-order chi connectivity index (χ0) is 21.7. The van der Waals surface area contributed by atoms with Gasteiger partial charge in [-0.1, -0.05) is 6.07 Å². The Hall–Kier alpha value is -3.51. The van der Waals surface area contributed by atoms with Crippen LogP contribution in [0.4, 0.5) is 11.4 Å². The number of benzene rings is 2. The molecular formula is C21H24N4O5. The average Bonchev–Trinajstić information content (AvgIpc) is 2.78. The van der Waals surface area contributed by atoms with Crippen LogP contribution in [0.3, 0.4) is 0 Å². The molecule has 2 aromatic rings. The third-order valence-corrected chi connectivity index (χ3v) is 5.19. The molecule has 1 saturated heterocycles. The van der Waals surface area contributed by atoms with E-state index in [1.54, 1.807) is 33.5 Å². The van der Waals surface area contributed by atoms with Crippen molar-refractivity contribution in [1.29, 1.82) is 5.26 Å². The second kappa shape index (κ2) is 9.33. The quantitative estimate of drug-likeness (QED) is 0.505. The summed E-state index contributed by atoms with van der Waals surface area (Å²) in [6, 6.07) is 10.4. The van der Waals surface area contributed by atoms with Gasteiger partial charge in [-0.15, -0.1) is 0 Å². The number of nitrogens with zero attached hydrogens (tertiary/aromatic N) is 4. The predicted octanol–water partition coefficient (Wildman–Crippen LogP) is 2.81. The number of hydrogen-bond donors (Lipinski definition) is 0. The number of anilines is 1. The highest BCUT2D eigenvalue weighted by molar-refractivity contribution is 5.66. The van der Waals surface area contributed by atoms with Crippen molar-refractivity contribution in [3.63, 3.8) is 0 Å². The summed E-state index contributed by atoms with van der Waals surface area (Å²) < 4.78 is 16.3. The fourth-order valence-electron chi connectivity index (χ4n) is 3.68. The maximum absolute atomic E-state index is 11.4. The van der Waals surface area contributed by atoms with Crippen molar-refractivity contribution in [3.8, 4) is 23.3 Å². The minimum absolute atomic E-state index is 0.0379. The van der Waals surface area contributed by atoms with Crippen LogP contribution in [-0.2, 0) is 6.54 Å². The summed E-state index contributed by atoms with van der Waals surface area (Å²) in [6.45, 7) is 3.40. The normalized spacial score (nSPS) is 14.1. The molecule has 2 aromatic carbocycles. The molecule has 1 fully saturated rings. The molecular weight excluding hydrogens is 388 g/mol. The van der Waals surface area contributed by atoms with Gasteiger partial charge in [0, 0.05) is 44.4 Å².